The van der Waals surface area contributed by atoms with Crippen LogP contribution in [0.2, 0.25) is 0 Å². The average molecular weight is 344 g/mol. The van der Waals surface area contributed by atoms with Gasteiger partial charge in [-0.15, -0.1) is 0 Å². The third-order valence-electron chi connectivity index (χ3n) is 4.08. The van der Waals surface area contributed by atoms with Gasteiger partial charge in [0, 0.05) is 26.2 Å². The van der Waals surface area contributed by atoms with Crippen LogP contribution >= 0.6 is 0 Å². The number of nitrogens with zero attached hydrogens (tertiary/aromatic N) is 4. The minimum Gasteiger partial charge on any atom is -0.356 e. The largest absolute Gasteiger partial charge is 0.356 e. The van der Waals surface area contributed by atoms with Crippen molar-refractivity contribution in [3.05, 3.63) is 47.6 Å². The maximum absolute atomic E-state index is 5.08. The lowest BCUT2D eigenvalue weighted by atomic mass is 10.1. The molecular formula is C18H28N6O. The number of hydrogen-bond donors (Lipinski definition) is 2. The molecular weight excluding hydrogens is 316 g/mol. The zero-order chi connectivity index (χ0) is 18.1. The molecule has 1 heterocycles. The lowest BCUT2D eigenvalue weighted by Gasteiger charge is -2.25. The maximum atomic E-state index is 5.08. The Morgan fingerprint density at radius 2 is 2.04 bits per heavy atom. The summed E-state index contributed by atoms with van der Waals surface area (Å²) in [7, 11) is 3.90. The Morgan fingerprint density at radius 3 is 2.68 bits per heavy atom. The molecule has 0 radical (unpaired) electrons. The first-order chi connectivity index (χ1) is 12.1. The topological polar surface area (TPSA) is 78.6 Å². The molecule has 0 saturated heterocycles. The van der Waals surface area contributed by atoms with Crippen LogP contribution in [0.25, 0.3) is 0 Å². The highest BCUT2D eigenvalue weighted by Crippen LogP contribution is 2.07. The molecule has 0 amide bonds. The summed E-state index contributed by atoms with van der Waals surface area (Å²) in [6.45, 7) is 6.29. The average Bonchev–Trinajstić information content (AvgIpc) is 3.04. The summed E-state index contributed by atoms with van der Waals surface area (Å²) in [6, 6.07) is 11.0. The van der Waals surface area contributed by atoms with Crippen molar-refractivity contribution in [1.29, 1.82) is 0 Å². The quantitative estimate of drug-likeness (QED) is 0.563. The number of hydrogen-bond acceptors (Lipinski definition) is 5. The van der Waals surface area contributed by atoms with Gasteiger partial charge in [0.1, 0.15) is 0 Å². The molecule has 7 nitrogen and oxygen atoms in total. The first-order valence-corrected chi connectivity index (χ1v) is 8.56. The van der Waals surface area contributed by atoms with Crippen LogP contribution in [0, 0.1) is 6.92 Å². The van der Waals surface area contributed by atoms with Crippen molar-refractivity contribution in [2.45, 2.75) is 39.4 Å². The van der Waals surface area contributed by atoms with E-state index in [-0.39, 0.29) is 0 Å². The number of rotatable bonds is 8. The highest BCUT2D eigenvalue weighted by Gasteiger charge is 2.10. The van der Waals surface area contributed by atoms with E-state index in [0.29, 0.717) is 24.3 Å². The SMILES string of the molecule is CN=C(NCCC(C)N(C)Cc1ccccc1)NCc1nc(C)no1. The molecule has 0 aliphatic heterocycles. The van der Waals surface area contributed by atoms with Crippen LogP contribution in [0.3, 0.4) is 0 Å². The molecule has 1 atom stereocenters. The van der Waals surface area contributed by atoms with Crippen LogP contribution in [0.15, 0.2) is 39.8 Å². The van der Waals surface area contributed by atoms with Crippen molar-refractivity contribution < 1.29 is 4.52 Å². The first kappa shape index (κ1) is 18.9. The van der Waals surface area contributed by atoms with Crippen molar-refractivity contribution in [3.63, 3.8) is 0 Å². The number of benzene rings is 1. The monoisotopic (exact) mass is 344 g/mol. The zero-order valence-corrected chi connectivity index (χ0v) is 15.5. The van der Waals surface area contributed by atoms with Crippen LogP contribution in [0.1, 0.15) is 30.6 Å². The van der Waals surface area contributed by atoms with E-state index in [1.165, 1.54) is 5.56 Å². The molecule has 0 bridgehead atoms. The summed E-state index contributed by atoms with van der Waals surface area (Å²) in [5.74, 6) is 1.92. The molecule has 136 valence electrons. The lowest BCUT2D eigenvalue weighted by molar-refractivity contribution is 0.238. The Hall–Kier alpha value is -2.41. The second-order valence-electron chi connectivity index (χ2n) is 6.13. The van der Waals surface area contributed by atoms with E-state index < -0.39 is 0 Å². The number of nitrogens with one attached hydrogen (secondary N) is 2. The van der Waals surface area contributed by atoms with Crippen LogP contribution in [0.5, 0.6) is 0 Å². The number of aromatic nitrogens is 2. The van der Waals surface area contributed by atoms with E-state index in [1.54, 1.807) is 14.0 Å². The Labute approximate surface area is 149 Å². The van der Waals surface area contributed by atoms with Gasteiger partial charge in [-0.05, 0) is 32.9 Å². The highest BCUT2D eigenvalue weighted by molar-refractivity contribution is 5.79. The van der Waals surface area contributed by atoms with Gasteiger partial charge in [-0.2, -0.15) is 4.98 Å². The Kier molecular flexibility index (Phi) is 7.40. The van der Waals surface area contributed by atoms with E-state index in [0.717, 1.165) is 25.5 Å². The molecule has 2 aromatic rings. The molecule has 0 fully saturated rings. The highest BCUT2D eigenvalue weighted by atomic mass is 16.5. The second-order valence-corrected chi connectivity index (χ2v) is 6.13. The van der Waals surface area contributed by atoms with Crippen LogP contribution in [-0.2, 0) is 13.1 Å². The standard InChI is InChI=1S/C18H28N6O/c1-14(24(4)13-16-8-6-5-7-9-16)10-11-20-18(19-3)21-12-17-22-15(2)23-25-17/h5-9,14H,10-13H2,1-4H3,(H2,19,20,21). The number of aliphatic imine (C=N–C) groups is 1. The van der Waals surface area contributed by atoms with Gasteiger partial charge >= 0.3 is 0 Å². The molecule has 25 heavy (non-hydrogen) atoms. The fourth-order valence-electron chi connectivity index (χ4n) is 2.44. The van der Waals surface area contributed by atoms with Crippen molar-refractivity contribution in [2.24, 2.45) is 4.99 Å². The van der Waals surface area contributed by atoms with E-state index >= 15 is 0 Å². The molecule has 7 heteroatoms. The van der Waals surface area contributed by atoms with Crippen molar-refractivity contribution in [2.75, 3.05) is 20.6 Å². The molecule has 0 aliphatic rings. The maximum Gasteiger partial charge on any atom is 0.246 e. The fraction of sp³-hybridized carbons (Fsp3) is 0.500. The number of aryl methyl sites for hydroxylation is 1. The van der Waals surface area contributed by atoms with Gasteiger partial charge in [0.2, 0.25) is 5.89 Å². The Morgan fingerprint density at radius 1 is 1.28 bits per heavy atom. The minimum absolute atomic E-state index is 0.462. The van der Waals surface area contributed by atoms with Crippen molar-refractivity contribution in [3.8, 4) is 0 Å². The smallest absolute Gasteiger partial charge is 0.246 e. The van der Waals surface area contributed by atoms with Gasteiger partial charge in [-0.1, -0.05) is 35.5 Å². The zero-order valence-electron chi connectivity index (χ0n) is 15.5. The summed E-state index contributed by atoms with van der Waals surface area (Å²) < 4.78 is 5.08. The van der Waals surface area contributed by atoms with Gasteiger partial charge < -0.3 is 15.2 Å². The van der Waals surface area contributed by atoms with E-state index in [1.807, 2.05) is 6.07 Å². The van der Waals surface area contributed by atoms with Gasteiger partial charge in [0.15, 0.2) is 11.8 Å². The summed E-state index contributed by atoms with van der Waals surface area (Å²) in [6.07, 6.45) is 1.02. The Balaban J connectivity index is 1.68. The number of guanidine groups is 1. The predicted octanol–water partition coefficient (Wildman–Crippen LogP) is 1.95. The van der Waals surface area contributed by atoms with Crippen LogP contribution in [0.4, 0.5) is 0 Å². The third-order valence-corrected chi connectivity index (χ3v) is 4.08. The molecule has 0 saturated carbocycles. The molecule has 2 N–H and O–H groups in total. The summed E-state index contributed by atoms with van der Waals surface area (Å²) in [5.41, 5.74) is 1.33. The first-order valence-electron chi connectivity index (χ1n) is 8.56. The van der Waals surface area contributed by atoms with E-state index in [9.17, 15) is 0 Å². The molecule has 1 aromatic heterocycles. The van der Waals surface area contributed by atoms with Gasteiger partial charge in [-0.3, -0.25) is 9.89 Å². The Bertz CT molecular complexity index is 655. The predicted molar refractivity (Wildman–Crippen MR) is 99.2 cm³/mol. The minimum atomic E-state index is 0.462. The van der Waals surface area contributed by atoms with E-state index in [4.69, 9.17) is 4.52 Å². The third kappa shape index (κ3) is 6.54. The normalized spacial score (nSPS) is 13.1. The lowest BCUT2D eigenvalue weighted by Crippen LogP contribution is -2.39. The second kappa shape index (κ2) is 9.78. The van der Waals surface area contributed by atoms with Crippen molar-refractivity contribution >= 4 is 5.96 Å². The van der Waals surface area contributed by atoms with Gasteiger partial charge in [0.25, 0.3) is 0 Å². The fourth-order valence-corrected chi connectivity index (χ4v) is 2.44. The summed E-state index contributed by atoms with van der Waals surface area (Å²) in [5, 5.41) is 10.3. The molecule has 0 spiro atoms. The van der Waals surface area contributed by atoms with Gasteiger partial charge in [0.05, 0.1) is 6.54 Å². The molecule has 1 unspecified atom stereocenters. The summed E-state index contributed by atoms with van der Waals surface area (Å²) >= 11 is 0. The molecule has 0 aliphatic carbocycles. The van der Waals surface area contributed by atoms with E-state index in [2.05, 4.69) is 68.9 Å². The van der Waals surface area contributed by atoms with Crippen molar-refractivity contribution in [1.82, 2.24) is 25.7 Å². The molecule has 2 rings (SSSR count). The molecule has 1 aromatic carbocycles. The van der Waals surface area contributed by atoms with Crippen LogP contribution < -0.4 is 10.6 Å². The van der Waals surface area contributed by atoms with Gasteiger partial charge in [-0.25, -0.2) is 0 Å². The summed E-state index contributed by atoms with van der Waals surface area (Å²) in [4.78, 5) is 10.7. The van der Waals surface area contributed by atoms with Crippen LogP contribution in [-0.4, -0.2) is 47.7 Å².